The first-order valence-corrected chi connectivity index (χ1v) is 7.05. The summed E-state index contributed by atoms with van der Waals surface area (Å²) in [6.45, 7) is 3.97. The van der Waals surface area contributed by atoms with E-state index in [0.29, 0.717) is 11.3 Å². The van der Waals surface area contributed by atoms with E-state index in [9.17, 15) is 4.79 Å². The Kier molecular flexibility index (Phi) is 4.24. The fourth-order valence-corrected chi connectivity index (χ4v) is 2.57. The van der Waals surface area contributed by atoms with Crippen molar-refractivity contribution < 1.29 is 9.53 Å². The molecule has 0 fully saturated rings. The van der Waals surface area contributed by atoms with Crippen molar-refractivity contribution in [3.63, 3.8) is 0 Å². The summed E-state index contributed by atoms with van der Waals surface area (Å²) in [6.07, 6.45) is 0. The fourth-order valence-electron chi connectivity index (χ4n) is 1.86. The van der Waals surface area contributed by atoms with E-state index in [-0.39, 0.29) is 6.04 Å². The molecule has 1 atom stereocenters. The molecule has 1 aromatic heterocycles. The molecule has 1 heterocycles. The van der Waals surface area contributed by atoms with Crippen molar-refractivity contribution in [3.8, 4) is 5.75 Å². The second-order valence-corrected chi connectivity index (χ2v) is 5.50. The first kappa shape index (κ1) is 14.3. The molecular weight excluding hydrogens is 274 g/mol. The average Bonchev–Trinajstić information content (AvgIpc) is 2.85. The Labute approximate surface area is 121 Å². The topological polar surface area (TPSA) is 77.2 Å². The number of methoxy groups -OCH3 is 1. The van der Waals surface area contributed by atoms with Crippen molar-refractivity contribution in [1.82, 2.24) is 4.98 Å². The molecule has 0 saturated heterocycles. The lowest BCUT2D eigenvalue weighted by atomic mass is 10.1. The Morgan fingerprint density at radius 2 is 2.25 bits per heavy atom. The molecule has 1 unspecified atom stereocenters. The number of aromatic nitrogens is 1. The Morgan fingerprint density at radius 3 is 2.80 bits per heavy atom. The van der Waals surface area contributed by atoms with E-state index in [4.69, 9.17) is 10.5 Å². The van der Waals surface area contributed by atoms with Crippen LogP contribution in [0, 0.1) is 6.92 Å². The van der Waals surface area contributed by atoms with E-state index in [1.807, 2.05) is 19.2 Å². The number of hydrogen-bond donors (Lipinski definition) is 2. The van der Waals surface area contributed by atoms with Gasteiger partial charge in [0, 0.05) is 10.9 Å². The van der Waals surface area contributed by atoms with Crippen LogP contribution in [0.25, 0.3) is 0 Å². The number of rotatable bonds is 5. The molecule has 2 rings (SSSR count). The number of benzene rings is 1. The van der Waals surface area contributed by atoms with E-state index in [0.717, 1.165) is 16.4 Å². The monoisotopic (exact) mass is 291 g/mol. The number of ether oxygens (including phenoxy) is 1. The maximum Gasteiger partial charge on any atom is 0.248 e. The predicted molar refractivity (Wildman–Crippen MR) is 80.4 cm³/mol. The van der Waals surface area contributed by atoms with Crippen molar-refractivity contribution in [2.24, 2.45) is 5.73 Å². The van der Waals surface area contributed by atoms with E-state index < -0.39 is 5.91 Å². The van der Waals surface area contributed by atoms with Gasteiger partial charge >= 0.3 is 0 Å². The molecule has 0 saturated carbocycles. The quantitative estimate of drug-likeness (QED) is 0.888. The average molecular weight is 291 g/mol. The zero-order chi connectivity index (χ0) is 14.7. The van der Waals surface area contributed by atoms with E-state index in [2.05, 4.69) is 10.3 Å². The third kappa shape index (κ3) is 3.08. The molecule has 0 aliphatic carbocycles. The number of aryl methyl sites for hydroxylation is 1. The number of nitrogens with zero attached hydrogens (tertiary/aromatic N) is 1. The molecule has 0 radical (unpaired) electrons. The SMILES string of the molecule is COc1ccc(C(N)=O)cc1NC(C)c1csc(C)n1. The maximum absolute atomic E-state index is 11.3. The van der Waals surface area contributed by atoms with Crippen LogP contribution in [0.3, 0.4) is 0 Å². The van der Waals surface area contributed by atoms with Crippen LogP contribution in [-0.2, 0) is 0 Å². The first-order chi connectivity index (χ1) is 9.51. The van der Waals surface area contributed by atoms with Crippen LogP contribution in [0.2, 0.25) is 0 Å². The summed E-state index contributed by atoms with van der Waals surface area (Å²) in [5.74, 6) is 0.196. The summed E-state index contributed by atoms with van der Waals surface area (Å²) in [4.78, 5) is 15.7. The molecule has 5 nitrogen and oxygen atoms in total. The largest absolute Gasteiger partial charge is 0.495 e. The highest BCUT2D eigenvalue weighted by atomic mass is 32.1. The van der Waals surface area contributed by atoms with Gasteiger partial charge in [-0.25, -0.2) is 4.98 Å². The van der Waals surface area contributed by atoms with Gasteiger partial charge in [-0.2, -0.15) is 0 Å². The molecule has 0 aliphatic heterocycles. The van der Waals surface area contributed by atoms with Crippen LogP contribution >= 0.6 is 11.3 Å². The number of carbonyl (C=O) groups is 1. The number of thiazole rings is 1. The summed E-state index contributed by atoms with van der Waals surface area (Å²) < 4.78 is 5.29. The van der Waals surface area contributed by atoms with Gasteiger partial charge in [-0.1, -0.05) is 0 Å². The highest BCUT2D eigenvalue weighted by molar-refractivity contribution is 7.09. The zero-order valence-corrected chi connectivity index (χ0v) is 12.5. The van der Waals surface area contributed by atoms with Crippen molar-refractivity contribution in [3.05, 3.63) is 39.8 Å². The summed E-state index contributed by atoms with van der Waals surface area (Å²) >= 11 is 1.60. The Morgan fingerprint density at radius 1 is 1.50 bits per heavy atom. The highest BCUT2D eigenvalue weighted by Gasteiger charge is 2.13. The van der Waals surface area contributed by atoms with Crippen LogP contribution in [0.4, 0.5) is 5.69 Å². The van der Waals surface area contributed by atoms with Crippen LogP contribution in [0.1, 0.15) is 34.0 Å². The minimum atomic E-state index is -0.465. The molecular formula is C14H17N3O2S. The van der Waals surface area contributed by atoms with Crippen molar-refractivity contribution in [2.75, 3.05) is 12.4 Å². The number of carbonyl (C=O) groups excluding carboxylic acids is 1. The van der Waals surface area contributed by atoms with Gasteiger partial charge in [0.1, 0.15) is 5.75 Å². The number of nitrogens with one attached hydrogen (secondary N) is 1. The Bertz CT molecular complexity index is 625. The number of primary amides is 1. The lowest BCUT2D eigenvalue weighted by Crippen LogP contribution is -2.13. The van der Waals surface area contributed by atoms with Crippen molar-refractivity contribution in [1.29, 1.82) is 0 Å². The van der Waals surface area contributed by atoms with Crippen molar-refractivity contribution in [2.45, 2.75) is 19.9 Å². The van der Waals surface area contributed by atoms with E-state index in [1.54, 1.807) is 36.6 Å². The Balaban J connectivity index is 2.27. The summed E-state index contributed by atoms with van der Waals surface area (Å²) in [5.41, 5.74) is 7.42. The summed E-state index contributed by atoms with van der Waals surface area (Å²) in [7, 11) is 1.59. The lowest BCUT2D eigenvalue weighted by Gasteiger charge is -2.16. The molecule has 0 spiro atoms. The molecule has 0 aliphatic rings. The van der Waals surface area contributed by atoms with Gasteiger partial charge in [-0.05, 0) is 32.0 Å². The van der Waals surface area contributed by atoms with E-state index in [1.165, 1.54) is 0 Å². The molecule has 106 valence electrons. The van der Waals surface area contributed by atoms with Crippen molar-refractivity contribution >= 4 is 22.9 Å². The van der Waals surface area contributed by atoms with Gasteiger partial charge in [0.25, 0.3) is 0 Å². The van der Waals surface area contributed by atoms with Gasteiger partial charge in [-0.15, -0.1) is 11.3 Å². The normalized spacial score (nSPS) is 11.9. The molecule has 0 bridgehead atoms. The number of anilines is 1. The minimum Gasteiger partial charge on any atom is -0.495 e. The summed E-state index contributed by atoms with van der Waals surface area (Å²) in [5, 5.41) is 6.33. The standard InChI is InChI=1S/C14H17N3O2S/c1-8(12-7-20-9(2)17-12)16-11-6-10(14(15)18)4-5-13(11)19-3/h4-8,16H,1-3H3,(H2,15,18). The van der Waals surface area contributed by atoms with Crippen LogP contribution in [-0.4, -0.2) is 18.0 Å². The van der Waals surface area contributed by atoms with Gasteiger partial charge in [-0.3, -0.25) is 4.79 Å². The van der Waals surface area contributed by atoms with Gasteiger partial charge in [0.2, 0.25) is 5.91 Å². The van der Waals surface area contributed by atoms with E-state index >= 15 is 0 Å². The molecule has 20 heavy (non-hydrogen) atoms. The molecule has 1 aromatic carbocycles. The second kappa shape index (κ2) is 5.92. The first-order valence-electron chi connectivity index (χ1n) is 6.17. The second-order valence-electron chi connectivity index (χ2n) is 4.44. The van der Waals surface area contributed by atoms with Crippen LogP contribution < -0.4 is 15.8 Å². The molecule has 2 aromatic rings. The minimum absolute atomic E-state index is 0.0111. The fraction of sp³-hybridized carbons (Fsp3) is 0.286. The number of nitrogens with two attached hydrogens (primary N) is 1. The predicted octanol–water partition coefficient (Wildman–Crippen LogP) is 2.73. The maximum atomic E-state index is 11.3. The number of hydrogen-bond acceptors (Lipinski definition) is 5. The van der Waals surface area contributed by atoms with Gasteiger partial charge in [0.05, 0.1) is 29.5 Å². The third-order valence-electron chi connectivity index (χ3n) is 2.94. The lowest BCUT2D eigenvalue weighted by molar-refractivity contribution is 0.100. The zero-order valence-electron chi connectivity index (χ0n) is 11.6. The number of amides is 1. The summed E-state index contributed by atoms with van der Waals surface area (Å²) in [6, 6.07) is 5.07. The molecule has 3 N–H and O–H groups in total. The molecule has 1 amide bonds. The Hall–Kier alpha value is -2.08. The van der Waals surface area contributed by atoms with Gasteiger partial charge in [0.15, 0.2) is 0 Å². The highest BCUT2D eigenvalue weighted by Crippen LogP contribution is 2.29. The van der Waals surface area contributed by atoms with Crippen LogP contribution in [0.15, 0.2) is 23.6 Å². The van der Waals surface area contributed by atoms with Crippen LogP contribution in [0.5, 0.6) is 5.75 Å². The van der Waals surface area contributed by atoms with Gasteiger partial charge < -0.3 is 15.8 Å². The smallest absolute Gasteiger partial charge is 0.248 e. The third-order valence-corrected chi connectivity index (χ3v) is 3.73. The molecule has 6 heteroatoms.